The minimum Gasteiger partial charge on any atom is -0.294 e. The number of benzene rings is 1. The summed E-state index contributed by atoms with van der Waals surface area (Å²) in [7, 11) is 0. The summed E-state index contributed by atoms with van der Waals surface area (Å²) in [4.78, 5) is 10.9. The van der Waals surface area contributed by atoms with E-state index in [2.05, 4.69) is 0 Å². The molecule has 3 nitrogen and oxygen atoms in total. The van der Waals surface area contributed by atoms with Crippen molar-refractivity contribution in [3.8, 4) is 0 Å². The Morgan fingerprint density at radius 2 is 1.93 bits per heavy atom. The third-order valence-electron chi connectivity index (χ3n) is 1.83. The van der Waals surface area contributed by atoms with Crippen LogP contribution in [-0.4, -0.2) is 5.91 Å². The molecule has 0 aliphatic carbocycles. The first-order valence-corrected chi connectivity index (χ1v) is 4.09. The number of alkyl halides is 3. The van der Waals surface area contributed by atoms with E-state index in [4.69, 9.17) is 5.84 Å². The molecule has 6 heteroatoms. The van der Waals surface area contributed by atoms with Crippen molar-refractivity contribution in [1.82, 2.24) is 5.43 Å². The van der Waals surface area contributed by atoms with Crippen LogP contribution in [0, 0.1) is 0 Å². The monoisotopic (exact) mass is 218 g/mol. The Hall–Kier alpha value is -1.56. The van der Waals surface area contributed by atoms with Gasteiger partial charge < -0.3 is 0 Å². The highest BCUT2D eigenvalue weighted by Crippen LogP contribution is 2.31. The van der Waals surface area contributed by atoms with Crippen molar-refractivity contribution >= 4 is 5.91 Å². The molecule has 0 aliphatic heterocycles. The first kappa shape index (κ1) is 11.5. The number of carbonyl (C=O) groups excluding carboxylic acids is 1. The Bertz CT molecular complexity index is 363. The van der Waals surface area contributed by atoms with Crippen LogP contribution in [0.1, 0.15) is 11.1 Å². The van der Waals surface area contributed by atoms with E-state index in [0.717, 1.165) is 6.07 Å². The molecular weight excluding hydrogens is 209 g/mol. The molecule has 0 saturated heterocycles. The highest BCUT2D eigenvalue weighted by Gasteiger charge is 2.33. The highest BCUT2D eigenvalue weighted by atomic mass is 19.4. The summed E-state index contributed by atoms with van der Waals surface area (Å²) in [6.07, 6.45) is -4.84. The number of nitrogens with two attached hydrogens (primary N) is 1. The van der Waals surface area contributed by atoms with E-state index in [0.29, 0.717) is 0 Å². The van der Waals surface area contributed by atoms with Crippen LogP contribution in [0.5, 0.6) is 0 Å². The van der Waals surface area contributed by atoms with Crippen molar-refractivity contribution in [2.45, 2.75) is 12.6 Å². The summed E-state index contributed by atoms with van der Waals surface area (Å²) < 4.78 is 37.3. The second kappa shape index (κ2) is 4.31. The Kier molecular flexibility index (Phi) is 3.31. The fraction of sp³-hybridized carbons (Fsp3) is 0.222. The maximum Gasteiger partial charge on any atom is 0.416 e. The van der Waals surface area contributed by atoms with Gasteiger partial charge in [-0.25, -0.2) is 5.84 Å². The minimum atomic E-state index is -4.45. The summed E-state index contributed by atoms with van der Waals surface area (Å²) in [5.74, 6) is 4.14. The van der Waals surface area contributed by atoms with Gasteiger partial charge in [0.05, 0.1) is 12.0 Å². The summed E-state index contributed by atoms with van der Waals surface area (Å²) in [5.41, 5.74) is 0.884. The molecule has 1 aromatic carbocycles. The van der Waals surface area contributed by atoms with Crippen LogP contribution in [0.2, 0.25) is 0 Å². The molecule has 0 unspecified atom stereocenters. The number of nitrogens with one attached hydrogen (secondary N) is 1. The highest BCUT2D eigenvalue weighted by molar-refractivity contribution is 5.78. The van der Waals surface area contributed by atoms with Crippen molar-refractivity contribution in [3.05, 3.63) is 35.4 Å². The van der Waals surface area contributed by atoms with E-state index in [9.17, 15) is 18.0 Å². The lowest BCUT2D eigenvalue weighted by Crippen LogP contribution is -2.32. The number of carbonyl (C=O) groups is 1. The quantitative estimate of drug-likeness (QED) is 0.445. The van der Waals surface area contributed by atoms with E-state index in [1.807, 2.05) is 0 Å². The lowest BCUT2D eigenvalue weighted by atomic mass is 10.0. The molecule has 15 heavy (non-hydrogen) atoms. The number of halogens is 3. The Balaban J connectivity index is 3.02. The largest absolute Gasteiger partial charge is 0.416 e. The summed E-state index contributed by atoms with van der Waals surface area (Å²) in [6.45, 7) is 0. The second-order valence-corrected chi connectivity index (χ2v) is 2.90. The molecule has 82 valence electrons. The van der Waals surface area contributed by atoms with E-state index >= 15 is 0 Å². The SMILES string of the molecule is NNC(=O)Cc1ccccc1C(F)(F)F. The van der Waals surface area contributed by atoms with E-state index < -0.39 is 17.6 Å². The van der Waals surface area contributed by atoms with Crippen molar-refractivity contribution < 1.29 is 18.0 Å². The summed E-state index contributed by atoms with van der Waals surface area (Å²) in [5, 5.41) is 0. The third kappa shape index (κ3) is 2.95. The Morgan fingerprint density at radius 3 is 2.47 bits per heavy atom. The molecule has 0 bridgehead atoms. The number of hydrazine groups is 1. The standard InChI is InChI=1S/C9H9F3N2O/c10-9(11,12)7-4-2-1-3-6(7)5-8(15)14-13/h1-4H,5,13H2,(H,14,15). The molecule has 0 saturated carbocycles. The van der Waals surface area contributed by atoms with Gasteiger partial charge in [0, 0.05) is 0 Å². The molecule has 0 heterocycles. The first-order valence-electron chi connectivity index (χ1n) is 4.09. The van der Waals surface area contributed by atoms with Crippen LogP contribution in [0.15, 0.2) is 24.3 Å². The maximum atomic E-state index is 12.4. The van der Waals surface area contributed by atoms with Gasteiger partial charge in [0.2, 0.25) is 5.91 Å². The Labute approximate surface area is 84.0 Å². The van der Waals surface area contributed by atoms with Crippen molar-refractivity contribution in [3.63, 3.8) is 0 Å². The molecular formula is C9H9F3N2O. The lowest BCUT2D eigenvalue weighted by molar-refractivity contribution is -0.138. The number of hydrogen-bond donors (Lipinski definition) is 2. The predicted octanol–water partition coefficient (Wildman–Crippen LogP) is 1.24. The zero-order valence-corrected chi connectivity index (χ0v) is 7.64. The normalized spacial score (nSPS) is 11.2. The minimum absolute atomic E-state index is 0.0899. The smallest absolute Gasteiger partial charge is 0.294 e. The van der Waals surface area contributed by atoms with Gasteiger partial charge in [-0.3, -0.25) is 10.2 Å². The number of hydrogen-bond acceptors (Lipinski definition) is 2. The second-order valence-electron chi connectivity index (χ2n) is 2.90. The molecule has 1 rings (SSSR count). The number of amides is 1. The average molecular weight is 218 g/mol. The van der Waals surface area contributed by atoms with Crippen molar-refractivity contribution in [2.24, 2.45) is 5.84 Å². The van der Waals surface area contributed by atoms with Gasteiger partial charge in [-0.1, -0.05) is 18.2 Å². The van der Waals surface area contributed by atoms with Gasteiger partial charge >= 0.3 is 6.18 Å². The molecule has 0 spiro atoms. The third-order valence-corrected chi connectivity index (χ3v) is 1.83. The van der Waals surface area contributed by atoms with Gasteiger partial charge in [0.1, 0.15) is 0 Å². The van der Waals surface area contributed by atoms with Crippen LogP contribution in [0.25, 0.3) is 0 Å². The zero-order valence-electron chi connectivity index (χ0n) is 7.64. The van der Waals surface area contributed by atoms with Crippen LogP contribution >= 0.6 is 0 Å². The van der Waals surface area contributed by atoms with Crippen LogP contribution < -0.4 is 11.3 Å². The molecule has 0 aromatic heterocycles. The summed E-state index contributed by atoms with van der Waals surface area (Å²) in [6, 6.07) is 4.89. The van der Waals surface area contributed by atoms with Crippen LogP contribution in [-0.2, 0) is 17.4 Å². The van der Waals surface area contributed by atoms with Gasteiger partial charge in [-0.2, -0.15) is 13.2 Å². The molecule has 0 fully saturated rings. The van der Waals surface area contributed by atoms with Crippen molar-refractivity contribution in [2.75, 3.05) is 0 Å². The van der Waals surface area contributed by atoms with Crippen molar-refractivity contribution in [1.29, 1.82) is 0 Å². The average Bonchev–Trinajstić information content (AvgIpc) is 2.17. The zero-order chi connectivity index (χ0) is 11.5. The van der Waals surface area contributed by atoms with Gasteiger partial charge in [-0.05, 0) is 11.6 Å². The van der Waals surface area contributed by atoms with Crippen LogP contribution in [0.4, 0.5) is 13.2 Å². The molecule has 0 radical (unpaired) electrons. The van der Waals surface area contributed by atoms with Crippen LogP contribution in [0.3, 0.4) is 0 Å². The van der Waals surface area contributed by atoms with Gasteiger partial charge in [0.15, 0.2) is 0 Å². The van der Waals surface area contributed by atoms with E-state index in [-0.39, 0.29) is 12.0 Å². The molecule has 3 N–H and O–H groups in total. The lowest BCUT2D eigenvalue weighted by Gasteiger charge is -2.11. The maximum absolute atomic E-state index is 12.4. The number of rotatable bonds is 2. The molecule has 0 aliphatic rings. The van der Waals surface area contributed by atoms with Gasteiger partial charge in [0.25, 0.3) is 0 Å². The first-order chi connectivity index (χ1) is 6.95. The van der Waals surface area contributed by atoms with Gasteiger partial charge in [-0.15, -0.1) is 0 Å². The topological polar surface area (TPSA) is 55.1 Å². The predicted molar refractivity (Wildman–Crippen MR) is 47.5 cm³/mol. The summed E-state index contributed by atoms with van der Waals surface area (Å²) >= 11 is 0. The van der Waals surface area contributed by atoms with E-state index in [1.165, 1.54) is 18.2 Å². The molecule has 1 aromatic rings. The molecule has 1 amide bonds. The Morgan fingerprint density at radius 1 is 1.33 bits per heavy atom. The fourth-order valence-corrected chi connectivity index (χ4v) is 1.18. The van der Waals surface area contributed by atoms with E-state index in [1.54, 1.807) is 5.43 Å². The molecule has 0 atom stereocenters. The fourth-order valence-electron chi connectivity index (χ4n) is 1.18.